The zero-order chi connectivity index (χ0) is 65.0. The molecule has 0 bridgehead atoms. The van der Waals surface area contributed by atoms with Crippen molar-refractivity contribution in [1.82, 2.24) is 24.1 Å². The van der Waals surface area contributed by atoms with Gasteiger partial charge in [0, 0.05) is 49.4 Å². The van der Waals surface area contributed by atoms with Gasteiger partial charge in [-0.1, -0.05) is 156 Å². The topological polar surface area (TPSA) is 72.3 Å². The molecule has 3 heterocycles. The van der Waals surface area contributed by atoms with Crippen molar-refractivity contribution in [3.63, 3.8) is 0 Å². The first-order valence-electron chi connectivity index (χ1n) is 32.5. The van der Waals surface area contributed by atoms with Crippen molar-refractivity contribution >= 4 is 43.6 Å². The highest BCUT2D eigenvalue weighted by molar-refractivity contribution is 6.14. The first kappa shape index (κ1) is 59.1. The van der Waals surface area contributed by atoms with Crippen molar-refractivity contribution in [3.8, 4) is 107 Å². The summed E-state index contributed by atoms with van der Waals surface area (Å²) < 4.78 is 4.88. The van der Waals surface area contributed by atoms with Crippen LogP contribution in [-0.4, -0.2) is 24.1 Å². The summed E-state index contributed by atoms with van der Waals surface area (Å²) in [6.45, 7) is 26.6. The lowest BCUT2D eigenvalue weighted by atomic mass is 9.91. The van der Waals surface area contributed by atoms with Gasteiger partial charge in [-0.2, -0.15) is 5.26 Å². The SMILES string of the molecule is Cc1cc(C)c(-c2ccc3c(c2)c2cc(-c4c(C)cc(C)cc4C)ccc2n3-c2ccc(C#N)cc2-c2cc(-c3nc(-c4ccccc4)nc(-c4ccccc4)n3)ccc2-n2c3ccc(-c4c(C)cc(C)cc4C)cc3c3cc(-c4c(C)cc(C)cc4C)ccc32)c(C)c1. The molecular weight excluding hydrogens is 1140 g/mol. The lowest BCUT2D eigenvalue weighted by Crippen LogP contribution is -2.04. The molecule has 0 amide bonds. The number of aryl methyl sites for hydroxylation is 12. The van der Waals surface area contributed by atoms with Crippen LogP contribution in [0.1, 0.15) is 72.3 Å². The number of fused-ring (bicyclic) bond motifs is 6. The van der Waals surface area contributed by atoms with E-state index in [9.17, 15) is 5.26 Å². The fourth-order valence-electron chi connectivity index (χ4n) is 15.8. The van der Waals surface area contributed by atoms with Crippen molar-refractivity contribution < 1.29 is 0 Å². The van der Waals surface area contributed by atoms with E-state index in [2.05, 4.69) is 250 Å². The smallest absolute Gasteiger partial charge is 0.164 e. The molecule has 12 aromatic carbocycles. The van der Waals surface area contributed by atoms with Gasteiger partial charge >= 0.3 is 0 Å². The predicted octanol–water partition coefficient (Wildman–Crippen LogP) is 23.0. The number of benzene rings is 12. The minimum Gasteiger partial charge on any atom is -0.309 e. The summed E-state index contributed by atoms with van der Waals surface area (Å²) in [6, 6.07) is 82.2. The number of hydrogen-bond acceptors (Lipinski definition) is 4. The highest BCUT2D eigenvalue weighted by Gasteiger charge is 2.26. The Labute approximate surface area is 550 Å². The molecule has 0 saturated carbocycles. The monoisotopic (exact) mass is 1210 g/mol. The third kappa shape index (κ3) is 10.2. The Bertz CT molecular complexity index is 5310. The van der Waals surface area contributed by atoms with Crippen molar-refractivity contribution in [3.05, 3.63) is 291 Å². The van der Waals surface area contributed by atoms with E-state index in [1.807, 2.05) is 66.7 Å². The third-order valence-corrected chi connectivity index (χ3v) is 19.2. The molecule has 0 unspecified atom stereocenters. The second-order valence-electron chi connectivity index (χ2n) is 26.3. The molecule has 6 heteroatoms. The van der Waals surface area contributed by atoms with Gasteiger partial charge < -0.3 is 9.13 Å². The van der Waals surface area contributed by atoms with Gasteiger partial charge in [0.25, 0.3) is 0 Å². The molecule has 0 fully saturated rings. The molecule has 94 heavy (non-hydrogen) atoms. The first-order valence-corrected chi connectivity index (χ1v) is 32.5. The van der Waals surface area contributed by atoms with E-state index in [0.29, 0.717) is 23.0 Å². The van der Waals surface area contributed by atoms with Gasteiger partial charge in [-0.3, -0.25) is 0 Å². The van der Waals surface area contributed by atoms with E-state index in [-0.39, 0.29) is 0 Å². The van der Waals surface area contributed by atoms with Crippen molar-refractivity contribution in [1.29, 1.82) is 5.26 Å². The average molecular weight is 1210 g/mol. The maximum absolute atomic E-state index is 11.2. The molecule has 0 N–H and O–H groups in total. The van der Waals surface area contributed by atoms with Gasteiger partial charge in [-0.25, -0.2) is 15.0 Å². The molecule has 454 valence electrons. The van der Waals surface area contributed by atoms with Crippen LogP contribution in [-0.2, 0) is 0 Å². The molecule has 0 saturated heterocycles. The summed E-state index contributed by atoms with van der Waals surface area (Å²) in [5.41, 5.74) is 35.6. The molecule has 15 rings (SSSR count). The average Bonchev–Trinajstić information content (AvgIpc) is 1.56. The normalized spacial score (nSPS) is 11.6. The number of hydrogen-bond donors (Lipinski definition) is 0. The van der Waals surface area contributed by atoms with Crippen LogP contribution in [0.4, 0.5) is 0 Å². The fourth-order valence-corrected chi connectivity index (χ4v) is 15.8. The highest BCUT2D eigenvalue weighted by Crippen LogP contribution is 2.47. The molecule has 0 atom stereocenters. The van der Waals surface area contributed by atoms with Crippen LogP contribution in [0.2, 0.25) is 0 Å². The molecule has 3 aromatic heterocycles. The maximum atomic E-state index is 11.2. The Kier molecular flexibility index (Phi) is 14.5. The maximum Gasteiger partial charge on any atom is 0.164 e. The molecule has 0 spiro atoms. The number of nitriles is 1. The Morgan fingerprint density at radius 1 is 0.266 bits per heavy atom. The van der Waals surface area contributed by atoms with Crippen LogP contribution in [0.25, 0.3) is 145 Å². The molecule has 0 aliphatic rings. The van der Waals surface area contributed by atoms with Crippen LogP contribution in [0.15, 0.2) is 218 Å². The Morgan fingerprint density at radius 2 is 0.543 bits per heavy atom. The number of aromatic nitrogens is 5. The van der Waals surface area contributed by atoms with E-state index in [4.69, 9.17) is 15.0 Å². The molecule has 0 aliphatic heterocycles. The van der Waals surface area contributed by atoms with E-state index in [1.54, 1.807) is 0 Å². The summed E-state index contributed by atoms with van der Waals surface area (Å²) in [5.74, 6) is 1.68. The van der Waals surface area contributed by atoms with E-state index in [0.717, 1.165) is 82.8 Å². The fraction of sp³-hybridized carbons (Fsp3) is 0.136. The first-order chi connectivity index (χ1) is 45.5. The lowest BCUT2D eigenvalue weighted by molar-refractivity contribution is 1.07. The van der Waals surface area contributed by atoms with Crippen LogP contribution in [0, 0.1) is 94.4 Å². The van der Waals surface area contributed by atoms with Crippen LogP contribution >= 0.6 is 0 Å². The quantitative estimate of drug-likeness (QED) is 0.137. The summed E-state index contributed by atoms with van der Waals surface area (Å²) in [5, 5.41) is 15.7. The van der Waals surface area contributed by atoms with Crippen molar-refractivity contribution in [2.75, 3.05) is 0 Å². The van der Waals surface area contributed by atoms with Crippen molar-refractivity contribution in [2.24, 2.45) is 0 Å². The van der Waals surface area contributed by atoms with Gasteiger partial charge in [0.15, 0.2) is 17.5 Å². The zero-order valence-corrected chi connectivity index (χ0v) is 55.5. The second-order valence-corrected chi connectivity index (χ2v) is 26.3. The van der Waals surface area contributed by atoms with Gasteiger partial charge in [-0.05, 0) is 257 Å². The van der Waals surface area contributed by atoms with Crippen molar-refractivity contribution in [2.45, 2.75) is 83.1 Å². The summed E-state index contributed by atoms with van der Waals surface area (Å²) in [4.78, 5) is 15.8. The summed E-state index contributed by atoms with van der Waals surface area (Å²) >= 11 is 0. The molecular formula is C88H72N6. The van der Waals surface area contributed by atoms with Crippen LogP contribution in [0.3, 0.4) is 0 Å². The Morgan fingerprint density at radius 3 is 0.851 bits per heavy atom. The summed E-state index contributed by atoms with van der Waals surface area (Å²) in [7, 11) is 0. The number of nitrogens with zero attached hydrogens (tertiary/aromatic N) is 6. The molecule has 0 radical (unpaired) electrons. The molecule has 0 aliphatic carbocycles. The minimum atomic E-state index is 0.531. The predicted molar refractivity (Wildman–Crippen MR) is 394 cm³/mol. The lowest BCUT2D eigenvalue weighted by Gasteiger charge is -2.20. The van der Waals surface area contributed by atoms with E-state index in [1.165, 1.54) is 111 Å². The van der Waals surface area contributed by atoms with Gasteiger partial charge in [0.05, 0.1) is 45.1 Å². The third-order valence-electron chi connectivity index (χ3n) is 19.2. The highest BCUT2D eigenvalue weighted by atomic mass is 15.0. The van der Waals surface area contributed by atoms with Crippen LogP contribution in [0.5, 0.6) is 0 Å². The van der Waals surface area contributed by atoms with Crippen LogP contribution < -0.4 is 0 Å². The van der Waals surface area contributed by atoms with Gasteiger partial charge in [0.2, 0.25) is 0 Å². The second kappa shape index (κ2) is 23.1. The minimum absolute atomic E-state index is 0.531. The van der Waals surface area contributed by atoms with Gasteiger partial charge in [0.1, 0.15) is 0 Å². The Hall–Kier alpha value is -11.3. The van der Waals surface area contributed by atoms with E-state index >= 15 is 0 Å². The number of rotatable bonds is 10. The molecule has 6 nitrogen and oxygen atoms in total. The van der Waals surface area contributed by atoms with Gasteiger partial charge in [-0.15, -0.1) is 0 Å². The Balaban J connectivity index is 1.06. The largest absolute Gasteiger partial charge is 0.309 e. The standard InChI is InChI=1S/C88H72N6/c1-50-35-54(5)82(55(6)36-50)65-24-30-77-71(44-65)72-45-66(83-56(7)37-51(2)38-57(83)8)25-31-78(72)93(77)76-29-23-62(49-89)43-70(76)75-48-69(88-91-86(63-19-15-13-16-20-63)90-87(92-88)64-21-17-14-18-22-64)28-34-81(75)94-79-32-26-67(84-58(9)39-52(3)40-59(84)10)46-73(79)74-47-68(27-33-80(74)94)85-60(11)41-53(4)42-61(85)12/h13-48H,1-12H3. The summed E-state index contributed by atoms with van der Waals surface area (Å²) in [6.07, 6.45) is 0. The van der Waals surface area contributed by atoms with E-state index < -0.39 is 0 Å². The molecule has 15 aromatic rings. The zero-order valence-electron chi connectivity index (χ0n) is 55.5.